The third-order valence-electron chi connectivity index (χ3n) is 5.53. The number of rotatable bonds is 3. The molecule has 26 heavy (non-hydrogen) atoms. The van der Waals surface area contributed by atoms with Gasteiger partial charge in [0.1, 0.15) is 0 Å². The van der Waals surface area contributed by atoms with E-state index in [-0.39, 0.29) is 23.9 Å². The number of nitrogens with zero attached hydrogens (tertiary/aromatic N) is 2. The number of ether oxygens (including phenoxy) is 2. The van der Waals surface area contributed by atoms with Gasteiger partial charge in [0.15, 0.2) is 11.5 Å². The van der Waals surface area contributed by atoms with E-state index in [1.165, 1.54) is 16.4 Å². The van der Waals surface area contributed by atoms with Gasteiger partial charge in [-0.1, -0.05) is 0 Å². The van der Waals surface area contributed by atoms with Crippen molar-refractivity contribution < 1.29 is 27.8 Å². The number of carbonyl (C=O) groups is 1. The summed E-state index contributed by atoms with van der Waals surface area (Å²) in [6, 6.07) is 4.57. The van der Waals surface area contributed by atoms with E-state index < -0.39 is 21.4 Å². The molecule has 0 spiro atoms. The van der Waals surface area contributed by atoms with Crippen molar-refractivity contribution in [2.45, 2.75) is 11.3 Å². The molecule has 0 radical (unpaired) electrons. The van der Waals surface area contributed by atoms with Crippen LogP contribution in [0.4, 0.5) is 0 Å². The minimum Gasteiger partial charge on any atom is -0.490 e. The summed E-state index contributed by atoms with van der Waals surface area (Å²) in [5, 5.41) is 9.75. The minimum atomic E-state index is -3.80. The van der Waals surface area contributed by atoms with Crippen LogP contribution in [0.25, 0.3) is 0 Å². The predicted octanol–water partition coefficient (Wildman–Crippen LogP) is 0.485. The lowest BCUT2D eigenvalue weighted by Gasteiger charge is -2.24. The second-order valence-corrected chi connectivity index (χ2v) is 9.25. The highest BCUT2D eigenvalue weighted by Crippen LogP contribution is 2.44. The Morgan fingerprint density at radius 3 is 2.62 bits per heavy atom. The lowest BCUT2D eigenvalue weighted by Crippen LogP contribution is -2.41. The first-order chi connectivity index (χ1) is 12.3. The van der Waals surface area contributed by atoms with E-state index in [0.717, 1.165) is 6.42 Å². The van der Waals surface area contributed by atoms with Crippen LogP contribution in [-0.2, 0) is 14.8 Å². The molecule has 1 aromatic carbocycles. The first-order valence-corrected chi connectivity index (χ1v) is 10.1. The minimum absolute atomic E-state index is 0.00584. The Bertz CT molecular complexity index is 842. The fourth-order valence-corrected chi connectivity index (χ4v) is 5.78. The van der Waals surface area contributed by atoms with Gasteiger partial charge in [0.05, 0.1) is 23.5 Å². The van der Waals surface area contributed by atoms with Gasteiger partial charge in [0.25, 0.3) is 0 Å². The molecule has 1 aromatic rings. The Balaban J connectivity index is 1.64. The van der Waals surface area contributed by atoms with E-state index in [1.807, 2.05) is 11.9 Å². The van der Waals surface area contributed by atoms with Crippen molar-refractivity contribution >= 4 is 16.0 Å². The van der Waals surface area contributed by atoms with E-state index in [0.29, 0.717) is 37.8 Å². The van der Waals surface area contributed by atoms with E-state index in [2.05, 4.69) is 0 Å². The lowest BCUT2D eigenvalue weighted by molar-refractivity contribution is -0.148. The molecule has 2 saturated heterocycles. The summed E-state index contributed by atoms with van der Waals surface area (Å²) in [5.41, 5.74) is -1.03. The molecular formula is C17H22N2O6S. The maximum atomic E-state index is 13.1. The molecule has 2 atom stereocenters. The molecule has 4 rings (SSSR count). The van der Waals surface area contributed by atoms with Crippen molar-refractivity contribution in [1.82, 2.24) is 9.21 Å². The van der Waals surface area contributed by atoms with E-state index in [9.17, 15) is 18.3 Å². The largest absolute Gasteiger partial charge is 0.490 e. The number of likely N-dealkylation sites (tertiary alicyclic amines) is 1. The molecule has 2 fully saturated rings. The molecule has 0 saturated carbocycles. The first-order valence-electron chi connectivity index (χ1n) is 8.65. The Morgan fingerprint density at radius 2 is 1.92 bits per heavy atom. The summed E-state index contributed by atoms with van der Waals surface area (Å²) in [6.07, 6.45) is 0.735. The zero-order valence-electron chi connectivity index (χ0n) is 14.6. The third-order valence-corrected chi connectivity index (χ3v) is 7.34. The number of carboxylic acid groups (broad SMARTS) is 1. The highest BCUT2D eigenvalue weighted by atomic mass is 32.2. The van der Waals surface area contributed by atoms with Crippen LogP contribution in [0.15, 0.2) is 23.1 Å². The Morgan fingerprint density at radius 1 is 1.19 bits per heavy atom. The highest BCUT2D eigenvalue weighted by Gasteiger charge is 2.59. The van der Waals surface area contributed by atoms with Gasteiger partial charge in [0, 0.05) is 44.6 Å². The van der Waals surface area contributed by atoms with Gasteiger partial charge in [-0.15, -0.1) is 0 Å². The Labute approximate surface area is 152 Å². The van der Waals surface area contributed by atoms with Crippen LogP contribution >= 0.6 is 0 Å². The fraction of sp³-hybridized carbons (Fsp3) is 0.588. The molecule has 1 N–H and O–H groups in total. The quantitative estimate of drug-likeness (QED) is 0.812. The number of hydrogen-bond donors (Lipinski definition) is 1. The molecule has 3 aliphatic heterocycles. The molecule has 0 aromatic heterocycles. The second kappa shape index (κ2) is 6.11. The number of sulfonamides is 1. The average Bonchev–Trinajstić information content (AvgIpc) is 2.98. The van der Waals surface area contributed by atoms with E-state index >= 15 is 0 Å². The molecule has 3 aliphatic rings. The number of benzene rings is 1. The molecule has 0 amide bonds. The second-order valence-electron chi connectivity index (χ2n) is 7.31. The van der Waals surface area contributed by atoms with Crippen LogP contribution in [0.3, 0.4) is 0 Å². The summed E-state index contributed by atoms with van der Waals surface area (Å²) >= 11 is 0. The average molecular weight is 382 g/mol. The smallest absolute Gasteiger partial charge is 0.312 e. The van der Waals surface area contributed by atoms with Crippen LogP contribution < -0.4 is 9.47 Å². The maximum absolute atomic E-state index is 13.1. The number of fused-ring (bicyclic) bond motifs is 2. The molecule has 8 nitrogen and oxygen atoms in total. The van der Waals surface area contributed by atoms with Crippen molar-refractivity contribution in [2.24, 2.45) is 11.3 Å². The monoisotopic (exact) mass is 382 g/mol. The number of carboxylic acids is 1. The van der Waals surface area contributed by atoms with Crippen molar-refractivity contribution in [3.8, 4) is 11.5 Å². The summed E-state index contributed by atoms with van der Waals surface area (Å²) in [7, 11) is -1.93. The molecule has 0 unspecified atom stereocenters. The molecule has 0 aliphatic carbocycles. The lowest BCUT2D eigenvalue weighted by atomic mass is 9.81. The summed E-state index contributed by atoms with van der Waals surface area (Å²) in [5.74, 6) is -0.192. The Hall–Kier alpha value is -1.84. The summed E-state index contributed by atoms with van der Waals surface area (Å²) in [6.45, 7) is 2.15. The van der Waals surface area contributed by atoms with Gasteiger partial charge in [-0.25, -0.2) is 8.42 Å². The SMILES string of the molecule is CN1C[C@H]2CN(S(=O)(=O)c3ccc4c(c3)OCCCO4)C[C@@]2(C(=O)O)C1. The molecule has 3 heterocycles. The third kappa shape index (κ3) is 2.65. The van der Waals surface area contributed by atoms with Crippen molar-refractivity contribution in [2.75, 3.05) is 46.4 Å². The van der Waals surface area contributed by atoms with Crippen LogP contribution in [0, 0.1) is 11.3 Å². The normalized spacial score (nSPS) is 29.3. The predicted molar refractivity (Wildman–Crippen MR) is 91.9 cm³/mol. The first kappa shape index (κ1) is 17.6. The van der Waals surface area contributed by atoms with E-state index in [1.54, 1.807) is 6.07 Å². The number of hydrogen-bond acceptors (Lipinski definition) is 6. The number of aliphatic carboxylic acids is 1. The maximum Gasteiger partial charge on any atom is 0.312 e. The standard InChI is InChI=1S/C17H22N2O6S/c1-18-8-12-9-19(11-17(12,10-18)16(20)21)26(22,23)13-3-4-14-15(7-13)25-6-2-5-24-14/h3-4,7,12H,2,5-6,8-11H2,1H3,(H,20,21)/t12-,17-/m0/s1. The molecule has 142 valence electrons. The van der Waals surface area contributed by atoms with Gasteiger partial charge in [0.2, 0.25) is 10.0 Å². The van der Waals surface area contributed by atoms with Gasteiger partial charge in [-0.2, -0.15) is 4.31 Å². The highest BCUT2D eigenvalue weighted by molar-refractivity contribution is 7.89. The van der Waals surface area contributed by atoms with Crippen molar-refractivity contribution in [1.29, 1.82) is 0 Å². The van der Waals surface area contributed by atoms with Crippen molar-refractivity contribution in [3.63, 3.8) is 0 Å². The van der Waals surface area contributed by atoms with Gasteiger partial charge < -0.3 is 19.5 Å². The summed E-state index contributed by atoms with van der Waals surface area (Å²) in [4.78, 5) is 14.0. The van der Waals surface area contributed by atoms with E-state index in [4.69, 9.17) is 9.47 Å². The zero-order chi connectivity index (χ0) is 18.5. The van der Waals surface area contributed by atoms with Crippen LogP contribution in [0.1, 0.15) is 6.42 Å². The van der Waals surface area contributed by atoms with Gasteiger partial charge >= 0.3 is 5.97 Å². The molecular weight excluding hydrogens is 360 g/mol. The summed E-state index contributed by atoms with van der Waals surface area (Å²) < 4.78 is 38.6. The van der Waals surface area contributed by atoms with Crippen LogP contribution in [-0.4, -0.2) is 75.1 Å². The molecule has 0 bridgehead atoms. The van der Waals surface area contributed by atoms with Gasteiger partial charge in [-0.3, -0.25) is 4.79 Å². The van der Waals surface area contributed by atoms with Crippen LogP contribution in [0.2, 0.25) is 0 Å². The Kier molecular flexibility index (Phi) is 4.13. The van der Waals surface area contributed by atoms with Gasteiger partial charge in [-0.05, 0) is 19.2 Å². The molecule has 9 heteroatoms. The van der Waals surface area contributed by atoms with Crippen LogP contribution in [0.5, 0.6) is 11.5 Å². The zero-order valence-corrected chi connectivity index (χ0v) is 15.4. The topological polar surface area (TPSA) is 96.4 Å². The van der Waals surface area contributed by atoms with Crippen molar-refractivity contribution in [3.05, 3.63) is 18.2 Å². The fourth-order valence-electron chi connectivity index (χ4n) is 4.21.